The first kappa shape index (κ1) is 28.0. The van der Waals surface area contributed by atoms with Gasteiger partial charge in [0.2, 0.25) is 5.91 Å². The summed E-state index contributed by atoms with van der Waals surface area (Å²) in [7, 11) is 5.90. The number of hydrogen-bond acceptors (Lipinski definition) is 5. The third-order valence-corrected chi connectivity index (χ3v) is 7.95. The van der Waals surface area contributed by atoms with Crippen LogP contribution in [0.5, 0.6) is 11.5 Å². The number of fused-ring (bicyclic) bond motifs is 1. The fourth-order valence-corrected chi connectivity index (χ4v) is 5.56. The van der Waals surface area contributed by atoms with E-state index in [0.717, 1.165) is 44.4 Å². The molecule has 0 saturated carbocycles. The normalized spacial score (nSPS) is 18.7. The fourth-order valence-electron chi connectivity index (χ4n) is 5.56. The number of benzene rings is 2. The van der Waals surface area contributed by atoms with Crippen molar-refractivity contribution in [3.8, 4) is 11.5 Å². The molecule has 0 aromatic heterocycles. The Balaban J connectivity index is 1.39. The molecule has 0 atom stereocenters. The number of amides is 2. The van der Waals surface area contributed by atoms with Crippen molar-refractivity contribution in [2.75, 3.05) is 60.5 Å². The van der Waals surface area contributed by atoms with Crippen molar-refractivity contribution < 1.29 is 19.1 Å². The van der Waals surface area contributed by atoms with Crippen molar-refractivity contribution in [2.24, 2.45) is 5.41 Å². The van der Waals surface area contributed by atoms with Gasteiger partial charge in [-0.25, -0.2) is 0 Å². The van der Waals surface area contributed by atoms with Gasteiger partial charge in [-0.2, -0.15) is 0 Å². The summed E-state index contributed by atoms with van der Waals surface area (Å²) in [4.78, 5) is 32.9. The van der Waals surface area contributed by atoms with Crippen LogP contribution in [0.1, 0.15) is 54.4 Å². The lowest BCUT2D eigenvalue weighted by Crippen LogP contribution is -2.51. The van der Waals surface area contributed by atoms with Gasteiger partial charge in [0.05, 0.1) is 12.0 Å². The minimum Gasteiger partial charge on any atom is -0.492 e. The predicted molar refractivity (Wildman–Crippen MR) is 150 cm³/mol. The minimum absolute atomic E-state index is 0.00881. The number of rotatable bonds is 5. The number of aryl methyl sites for hydroxylation is 1. The number of ether oxygens (including phenoxy) is 2. The summed E-state index contributed by atoms with van der Waals surface area (Å²) in [6.45, 7) is 3.60. The number of likely N-dealkylation sites (tertiary alicyclic amines) is 1. The second-order valence-corrected chi connectivity index (χ2v) is 11.0. The van der Waals surface area contributed by atoms with Crippen molar-refractivity contribution in [3.05, 3.63) is 59.7 Å². The number of hydrogen-bond donors (Lipinski definition) is 0. The van der Waals surface area contributed by atoms with Crippen molar-refractivity contribution in [1.29, 1.82) is 0 Å². The van der Waals surface area contributed by atoms with Crippen molar-refractivity contribution in [1.82, 2.24) is 14.7 Å². The monoisotopic (exact) mass is 521 g/mol. The van der Waals surface area contributed by atoms with E-state index in [9.17, 15) is 9.59 Å². The molecular weight excluding hydrogens is 478 g/mol. The van der Waals surface area contributed by atoms with Crippen LogP contribution in [0.3, 0.4) is 0 Å². The van der Waals surface area contributed by atoms with Gasteiger partial charge >= 0.3 is 0 Å². The van der Waals surface area contributed by atoms with Crippen LogP contribution in [-0.4, -0.2) is 87.0 Å². The van der Waals surface area contributed by atoms with Crippen LogP contribution in [0.15, 0.2) is 48.5 Å². The van der Waals surface area contributed by atoms with Crippen LogP contribution in [0, 0.1) is 5.41 Å². The van der Waals surface area contributed by atoms with E-state index in [1.54, 1.807) is 0 Å². The summed E-state index contributed by atoms with van der Waals surface area (Å²) in [5.41, 5.74) is 1.47. The zero-order valence-electron chi connectivity index (χ0n) is 23.3. The van der Waals surface area contributed by atoms with Crippen LogP contribution < -0.4 is 9.47 Å². The highest BCUT2D eigenvalue weighted by Gasteiger charge is 2.43. The molecule has 4 rings (SSSR count). The fraction of sp³-hybridized carbons (Fsp3) is 0.548. The van der Waals surface area contributed by atoms with Crippen LogP contribution in [0.25, 0.3) is 0 Å². The van der Waals surface area contributed by atoms with E-state index in [4.69, 9.17) is 9.47 Å². The molecule has 0 N–H and O–H groups in total. The van der Waals surface area contributed by atoms with Gasteiger partial charge in [0, 0.05) is 32.2 Å². The van der Waals surface area contributed by atoms with Gasteiger partial charge < -0.3 is 24.2 Å². The van der Waals surface area contributed by atoms with Crippen LogP contribution >= 0.6 is 0 Å². The maximum Gasteiger partial charge on any atom is 0.253 e. The molecule has 206 valence electrons. The zero-order valence-corrected chi connectivity index (χ0v) is 23.3. The number of carbonyl (C=O) groups is 2. The molecule has 2 aromatic carbocycles. The molecule has 2 aliphatic rings. The molecule has 38 heavy (non-hydrogen) atoms. The number of likely N-dealkylation sites (N-methyl/N-ethyl adjacent to an activating group) is 2. The lowest BCUT2D eigenvalue weighted by Gasteiger charge is -2.42. The molecule has 2 amide bonds. The first-order valence-electron chi connectivity index (χ1n) is 14.0. The van der Waals surface area contributed by atoms with E-state index < -0.39 is 5.41 Å². The van der Waals surface area contributed by atoms with Crippen LogP contribution in [0.4, 0.5) is 0 Å². The summed E-state index contributed by atoms with van der Waals surface area (Å²) in [6.07, 6.45) is 6.43. The average Bonchev–Trinajstić information content (AvgIpc) is 2.93. The Labute approximate surface area is 227 Å². The highest BCUT2D eigenvalue weighted by Crippen LogP contribution is 2.39. The maximum absolute atomic E-state index is 13.8. The molecule has 2 heterocycles. The van der Waals surface area contributed by atoms with Gasteiger partial charge in [-0.1, -0.05) is 37.1 Å². The third-order valence-electron chi connectivity index (χ3n) is 7.95. The summed E-state index contributed by atoms with van der Waals surface area (Å²) in [6, 6.07) is 15.7. The lowest BCUT2D eigenvalue weighted by atomic mass is 9.73. The summed E-state index contributed by atoms with van der Waals surface area (Å²) < 4.78 is 11.9. The second kappa shape index (κ2) is 13.1. The van der Waals surface area contributed by atoms with Crippen LogP contribution in [0.2, 0.25) is 0 Å². The topological polar surface area (TPSA) is 62.3 Å². The summed E-state index contributed by atoms with van der Waals surface area (Å²) in [5.74, 6) is 1.84. The van der Waals surface area contributed by atoms with Crippen molar-refractivity contribution in [3.63, 3.8) is 0 Å². The molecule has 2 aliphatic heterocycles. The summed E-state index contributed by atoms with van der Waals surface area (Å²) >= 11 is 0. The molecule has 0 radical (unpaired) electrons. The minimum atomic E-state index is -0.413. The van der Waals surface area contributed by atoms with E-state index in [1.807, 2.05) is 67.3 Å². The van der Waals surface area contributed by atoms with Gasteiger partial charge in [0.15, 0.2) is 0 Å². The SMILES string of the molecule is CN(C)CCOc1cccc(C(=O)N2CCC3(CCCCCc4ccccc4OCCN(C)C3=O)CC2)c1. The molecule has 0 bridgehead atoms. The summed E-state index contributed by atoms with van der Waals surface area (Å²) in [5, 5.41) is 0. The van der Waals surface area contributed by atoms with Crippen molar-refractivity contribution in [2.45, 2.75) is 44.9 Å². The van der Waals surface area contributed by atoms with Crippen LogP contribution in [-0.2, 0) is 11.2 Å². The largest absolute Gasteiger partial charge is 0.492 e. The smallest absolute Gasteiger partial charge is 0.253 e. The quantitative estimate of drug-likeness (QED) is 0.580. The Hall–Kier alpha value is -3.06. The maximum atomic E-state index is 13.8. The predicted octanol–water partition coefficient (Wildman–Crippen LogP) is 4.50. The first-order valence-corrected chi connectivity index (χ1v) is 14.0. The standard InChI is InChI=1S/C31H43N3O4/c1-32(2)20-22-37-27-13-9-12-26(24-27)29(35)34-18-16-31(17-19-34)15-8-4-5-10-25-11-6-7-14-28(25)38-23-21-33(3)30(31)36/h6-7,9,11-14,24H,4-5,8,10,15-23H2,1-3H3. The van der Waals surface area contributed by atoms with E-state index >= 15 is 0 Å². The van der Waals surface area contributed by atoms with Crippen molar-refractivity contribution >= 4 is 11.8 Å². The molecule has 1 fully saturated rings. The Morgan fingerprint density at radius 1 is 1.00 bits per heavy atom. The number of nitrogens with zero attached hydrogens (tertiary/aromatic N) is 3. The molecule has 2 aromatic rings. The van der Waals surface area contributed by atoms with Gasteiger partial charge in [-0.15, -0.1) is 0 Å². The van der Waals surface area contributed by atoms with E-state index in [0.29, 0.717) is 57.0 Å². The Bertz CT molecular complexity index is 1080. The van der Waals surface area contributed by atoms with E-state index in [-0.39, 0.29) is 11.8 Å². The number of piperidine rings is 1. The van der Waals surface area contributed by atoms with Gasteiger partial charge in [-0.3, -0.25) is 9.59 Å². The van der Waals surface area contributed by atoms with Gasteiger partial charge in [0.1, 0.15) is 24.7 Å². The van der Waals surface area contributed by atoms with Gasteiger partial charge in [0.25, 0.3) is 5.91 Å². The Kier molecular flexibility index (Phi) is 9.67. The lowest BCUT2D eigenvalue weighted by molar-refractivity contribution is -0.144. The zero-order chi connectivity index (χ0) is 27.0. The highest BCUT2D eigenvalue weighted by atomic mass is 16.5. The Morgan fingerprint density at radius 3 is 2.58 bits per heavy atom. The third kappa shape index (κ3) is 7.07. The molecular formula is C31H43N3O4. The average molecular weight is 522 g/mol. The second-order valence-electron chi connectivity index (χ2n) is 11.0. The van der Waals surface area contributed by atoms with Gasteiger partial charge in [-0.05, 0) is 76.0 Å². The molecule has 1 saturated heterocycles. The van der Waals surface area contributed by atoms with E-state index in [1.165, 1.54) is 5.56 Å². The highest BCUT2D eigenvalue weighted by molar-refractivity contribution is 5.95. The molecule has 1 spiro atoms. The van der Waals surface area contributed by atoms with E-state index in [2.05, 4.69) is 17.0 Å². The molecule has 0 aliphatic carbocycles. The molecule has 7 nitrogen and oxygen atoms in total. The number of para-hydroxylation sites is 1. The number of carbonyl (C=O) groups excluding carboxylic acids is 2. The molecule has 7 heteroatoms. The molecule has 0 unspecified atom stereocenters. The Morgan fingerprint density at radius 2 is 1.79 bits per heavy atom. The first-order chi connectivity index (χ1) is 18.4.